The maximum Gasteiger partial charge on any atom is 0.255 e. The van der Waals surface area contributed by atoms with Crippen molar-refractivity contribution in [3.05, 3.63) is 88.5 Å². The molecule has 0 aromatic heterocycles. The molecular weight excluding hydrogens is 336 g/mol. The molecule has 4 rings (SSSR count). The zero-order chi connectivity index (χ0) is 19.0. The zero-order valence-corrected chi connectivity index (χ0v) is 15.3. The SMILES string of the molecule is Cc1cc(C)cc(-c2ccc(NC(=O)c3ccccc3)c3c2CNC3=O)c1. The van der Waals surface area contributed by atoms with Crippen molar-refractivity contribution in [3.63, 3.8) is 0 Å². The maximum atomic E-state index is 12.5. The van der Waals surface area contributed by atoms with Crippen molar-refractivity contribution in [2.45, 2.75) is 20.4 Å². The molecule has 0 bridgehead atoms. The van der Waals surface area contributed by atoms with Gasteiger partial charge in [-0.25, -0.2) is 0 Å². The Kier molecular flexibility index (Phi) is 4.24. The molecule has 3 aromatic carbocycles. The summed E-state index contributed by atoms with van der Waals surface area (Å²) < 4.78 is 0. The fourth-order valence-electron chi connectivity index (χ4n) is 3.64. The number of nitrogens with one attached hydrogen (secondary N) is 2. The van der Waals surface area contributed by atoms with Crippen LogP contribution in [0, 0.1) is 13.8 Å². The van der Waals surface area contributed by atoms with E-state index in [2.05, 4.69) is 42.7 Å². The number of hydrogen-bond donors (Lipinski definition) is 2. The van der Waals surface area contributed by atoms with Crippen molar-refractivity contribution in [2.75, 3.05) is 5.32 Å². The molecule has 0 saturated heterocycles. The van der Waals surface area contributed by atoms with Crippen LogP contribution in [-0.2, 0) is 6.54 Å². The third kappa shape index (κ3) is 3.22. The van der Waals surface area contributed by atoms with E-state index >= 15 is 0 Å². The molecule has 2 N–H and O–H groups in total. The van der Waals surface area contributed by atoms with Crippen LogP contribution in [0.2, 0.25) is 0 Å². The Hall–Kier alpha value is -3.40. The second kappa shape index (κ2) is 6.72. The van der Waals surface area contributed by atoms with Crippen LogP contribution in [0.1, 0.15) is 37.4 Å². The van der Waals surface area contributed by atoms with Gasteiger partial charge in [0.1, 0.15) is 0 Å². The van der Waals surface area contributed by atoms with Crippen LogP contribution in [0.25, 0.3) is 11.1 Å². The quantitative estimate of drug-likeness (QED) is 0.728. The normalized spacial score (nSPS) is 12.4. The predicted octanol–water partition coefficient (Wildman–Crippen LogP) is 4.47. The molecule has 3 aromatic rings. The predicted molar refractivity (Wildman–Crippen MR) is 107 cm³/mol. The summed E-state index contributed by atoms with van der Waals surface area (Å²) in [5.74, 6) is -0.378. The van der Waals surface area contributed by atoms with Gasteiger partial charge >= 0.3 is 0 Å². The first-order valence-electron chi connectivity index (χ1n) is 8.92. The molecule has 4 heteroatoms. The Bertz CT molecular complexity index is 1040. The van der Waals surface area contributed by atoms with Gasteiger partial charge in [0.15, 0.2) is 0 Å². The van der Waals surface area contributed by atoms with E-state index in [0.717, 1.165) is 16.7 Å². The molecule has 0 radical (unpaired) electrons. The smallest absolute Gasteiger partial charge is 0.255 e. The van der Waals surface area contributed by atoms with Crippen molar-refractivity contribution in [1.29, 1.82) is 0 Å². The van der Waals surface area contributed by atoms with Gasteiger partial charge in [-0.1, -0.05) is 53.6 Å². The number of carbonyl (C=O) groups excluding carboxylic acids is 2. The van der Waals surface area contributed by atoms with Crippen LogP contribution >= 0.6 is 0 Å². The van der Waals surface area contributed by atoms with E-state index < -0.39 is 0 Å². The fourth-order valence-corrected chi connectivity index (χ4v) is 3.64. The Labute approximate surface area is 158 Å². The number of anilines is 1. The van der Waals surface area contributed by atoms with Crippen LogP contribution in [0.4, 0.5) is 5.69 Å². The first-order valence-corrected chi connectivity index (χ1v) is 8.92. The summed E-state index contributed by atoms with van der Waals surface area (Å²) in [4.78, 5) is 25.0. The second-order valence-electron chi connectivity index (χ2n) is 6.89. The number of benzene rings is 3. The third-order valence-electron chi connectivity index (χ3n) is 4.78. The van der Waals surface area contributed by atoms with Gasteiger partial charge < -0.3 is 10.6 Å². The Morgan fingerprint density at radius 1 is 0.963 bits per heavy atom. The molecule has 134 valence electrons. The third-order valence-corrected chi connectivity index (χ3v) is 4.78. The first kappa shape index (κ1) is 17.0. The molecule has 0 aliphatic carbocycles. The zero-order valence-electron chi connectivity index (χ0n) is 15.3. The van der Waals surface area contributed by atoms with E-state index in [1.807, 2.05) is 30.3 Å². The number of amides is 2. The molecule has 1 heterocycles. The standard InChI is InChI=1S/C23H20N2O2/c1-14-10-15(2)12-17(11-14)18-8-9-20(21-19(18)13-24-23(21)27)25-22(26)16-6-4-3-5-7-16/h3-12H,13H2,1-2H3,(H,24,27)(H,25,26). The molecule has 0 fully saturated rings. The van der Waals surface area contributed by atoms with Crippen LogP contribution < -0.4 is 10.6 Å². The highest BCUT2D eigenvalue weighted by Gasteiger charge is 2.27. The van der Waals surface area contributed by atoms with Crippen molar-refractivity contribution >= 4 is 17.5 Å². The summed E-state index contributed by atoms with van der Waals surface area (Å²) in [6, 6.07) is 19.2. The number of hydrogen-bond acceptors (Lipinski definition) is 2. The van der Waals surface area contributed by atoms with Gasteiger partial charge in [-0.05, 0) is 48.7 Å². The van der Waals surface area contributed by atoms with Crippen molar-refractivity contribution in [3.8, 4) is 11.1 Å². The van der Waals surface area contributed by atoms with Gasteiger partial charge in [-0.15, -0.1) is 0 Å². The second-order valence-corrected chi connectivity index (χ2v) is 6.89. The molecule has 0 unspecified atom stereocenters. The number of carbonyl (C=O) groups is 2. The summed E-state index contributed by atoms with van der Waals surface area (Å²) in [6.07, 6.45) is 0. The van der Waals surface area contributed by atoms with E-state index in [4.69, 9.17) is 0 Å². The van der Waals surface area contributed by atoms with Gasteiger partial charge in [0.2, 0.25) is 0 Å². The highest BCUT2D eigenvalue weighted by molar-refractivity contribution is 6.11. The number of aryl methyl sites for hydroxylation is 2. The van der Waals surface area contributed by atoms with E-state index in [-0.39, 0.29) is 11.8 Å². The van der Waals surface area contributed by atoms with Gasteiger partial charge in [0.05, 0.1) is 11.3 Å². The van der Waals surface area contributed by atoms with Gasteiger partial charge in [-0.3, -0.25) is 9.59 Å². The highest BCUT2D eigenvalue weighted by atomic mass is 16.2. The maximum absolute atomic E-state index is 12.5. The first-order chi connectivity index (χ1) is 13.0. The molecule has 4 nitrogen and oxygen atoms in total. The van der Waals surface area contributed by atoms with Crippen molar-refractivity contribution < 1.29 is 9.59 Å². The summed E-state index contributed by atoms with van der Waals surface area (Å²) in [6.45, 7) is 4.59. The van der Waals surface area contributed by atoms with Crippen molar-refractivity contribution in [1.82, 2.24) is 5.32 Å². The van der Waals surface area contributed by atoms with Crippen LogP contribution in [0.15, 0.2) is 60.7 Å². The van der Waals surface area contributed by atoms with Crippen LogP contribution in [-0.4, -0.2) is 11.8 Å². The van der Waals surface area contributed by atoms with E-state index in [1.54, 1.807) is 12.1 Å². The molecule has 1 aliphatic rings. The molecule has 1 aliphatic heterocycles. The molecule has 0 saturated carbocycles. The Balaban J connectivity index is 1.77. The monoisotopic (exact) mass is 356 g/mol. The van der Waals surface area contributed by atoms with Gasteiger partial charge in [-0.2, -0.15) is 0 Å². The molecule has 0 atom stereocenters. The lowest BCUT2D eigenvalue weighted by molar-refractivity contribution is 0.0966. The molecule has 27 heavy (non-hydrogen) atoms. The Morgan fingerprint density at radius 3 is 2.37 bits per heavy atom. The summed E-state index contributed by atoms with van der Waals surface area (Å²) in [7, 11) is 0. The van der Waals surface area contributed by atoms with Gasteiger partial charge in [0, 0.05) is 12.1 Å². The molecule has 2 amide bonds. The summed E-state index contributed by atoms with van der Waals surface area (Å²) in [5, 5.41) is 5.78. The topological polar surface area (TPSA) is 58.2 Å². The average Bonchev–Trinajstić information content (AvgIpc) is 3.04. The van der Waals surface area contributed by atoms with E-state index in [9.17, 15) is 9.59 Å². The fraction of sp³-hybridized carbons (Fsp3) is 0.130. The molecule has 0 spiro atoms. The summed E-state index contributed by atoms with van der Waals surface area (Å²) >= 11 is 0. The Morgan fingerprint density at radius 2 is 1.67 bits per heavy atom. The van der Waals surface area contributed by atoms with Crippen LogP contribution in [0.5, 0.6) is 0 Å². The minimum atomic E-state index is -0.225. The van der Waals surface area contributed by atoms with E-state index in [1.165, 1.54) is 11.1 Å². The minimum absolute atomic E-state index is 0.153. The largest absolute Gasteiger partial charge is 0.348 e. The lowest BCUT2D eigenvalue weighted by Crippen LogP contribution is -2.17. The lowest BCUT2D eigenvalue weighted by Gasteiger charge is -2.14. The van der Waals surface area contributed by atoms with E-state index in [0.29, 0.717) is 23.4 Å². The lowest BCUT2D eigenvalue weighted by atomic mass is 9.93. The van der Waals surface area contributed by atoms with Crippen molar-refractivity contribution in [2.24, 2.45) is 0 Å². The van der Waals surface area contributed by atoms with Crippen LogP contribution in [0.3, 0.4) is 0 Å². The van der Waals surface area contributed by atoms with Gasteiger partial charge in [0.25, 0.3) is 11.8 Å². The average molecular weight is 356 g/mol. The minimum Gasteiger partial charge on any atom is -0.348 e. The summed E-state index contributed by atoms with van der Waals surface area (Å²) in [5.41, 5.74) is 7.04. The number of rotatable bonds is 3. The highest BCUT2D eigenvalue weighted by Crippen LogP contribution is 2.35. The molecular formula is C23H20N2O2. The number of fused-ring (bicyclic) bond motifs is 1.